The molecule has 0 bridgehead atoms. The minimum Gasteiger partial charge on any atom is -0.454 e. The molecular formula is C17H19F2N3O3. The standard InChI is InChI=1S/C17H19F2N3O3/c1-3-22(4-2)10-14-5-6-15(25-14)17(24)21-20-16(23)11-7-12(18)9-13(19)8-11/h5-9H,3-4,10H2,1-2H3,(H,20,23)(H,21,24). The molecule has 0 saturated heterocycles. The summed E-state index contributed by atoms with van der Waals surface area (Å²) in [5, 5.41) is 0. The number of rotatable bonds is 6. The number of amides is 2. The van der Waals surface area contributed by atoms with E-state index in [4.69, 9.17) is 4.42 Å². The first kappa shape index (κ1) is 18.6. The van der Waals surface area contributed by atoms with Crippen molar-refractivity contribution >= 4 is 11.8 Å². The van der Waals surface area contributed by atoms with Crippen molar-refractivity contribution in [2.75, 3.05) is 13.1 Å². The van der Waals surface area contributed by atoms with Crippen LogP contribution >= 0.6 is 0 Å². The maximum Gasteiger partial charge on any atom is 0.305 e. The normalized spacial score (nSPS) is 10.8. The molecule has 0 saturated carbocycles. The monoisotopic (exact) mass is 351 g/mol. The van der Waals surface area contributed by atoms with Crippen LogP contribution in [0.2, 0.25) is 0 Å². The SMILES string of the molecule is CCN(CC)Cc1ccc(C(=O)NNC(=O)c2cc(F)cc(F)c2)o1. The van der Waals surface area contributed by atoms with E-state index >= 15 is 0 Å². The van der Waals surface area contributed by atoms with Gasteiger partial charge in [0.05, 0.1) is 6.54 Å². The van der Waals surface area contributed by atoms with E-state index in [1.807, 2.05) is 13.8 Å². The molecule has 25 heavy (non-hydrogen) atoms. The molecule has 2 aromatic rings. The minimum absolute atomic E-state index is 0.0212. The molecular weight excluding hydrogens is 332 g/mol. The van der Waals surface area contributed by atoms with Crippen LogP contribution in [0.5, 0.6) is 0 Å². The first-order chi connectivity index (χ1) is 11.9. The number of carbonyl (C=O) groups excluding carboxylic acids is 2. The lowest BCUT2D eigenvalue weighted by Crippen LogP contribution is -2.41. The lowest BCUT2D eigenvalue weighted by Gasteiger charge is -2.15. The number of nitrogens with one attached hydrogen (secondary N) is 2. The predicted octanol–water partition coefficient (Wildman–Crippen LogP) is 2.47. The molecule has 1 aromatic carbocycles. The molecule has 0 fully saturated rings. The Morgan fingerprint density at radius 2 is 1.60 bits per heavy atom. The summed E-state index contributed by atoms with van der Waals surface area (Å²) in [5.74, 6) is -2.65. The van der Waals surface area contributed by atoms with Gasteiger partial charge < -0.3 is 4.42 Å². The fourth-order valence-electron chi connectivity index (χ4n) is 2.18. The number of hydrogen-bond donors (Lipinski definition) is 2. The molecule has 0 radical (unpaired) electrons. The molecule has 2 amide bonds. The molecule has 8 heteroatoms. The minimum atomic E-state index is -0.886. The van der Waals surface area contributed by atoms with Crippen LogP contribution < -0.4 is 10.9 Å². The van der Waals surface area contributed by atoms with E-state index in [2.05, 4.69) is 15.8 Å². The summed E-state index contributed by atoms with van der Waals surface area (Å²) in [7, 11) is 0. The second kappa shape index (κ2) is 8.39. The van der Waals surface area contributed by atoms with E-state index in [-0.39, 0.29) is 11.3 Å². The molecule has 0 spiro atoms. The topological polar surface area (TPSA) is 74.6 Å². The Hall–Kier alpha value is -2.74. The van der Waals surface area contributed by atoms with Crippen molar-refractivity contribution in [2.24, 2.45) is 0 Å². The molecule has 0 atom stereocenters. The predicted molar refractivity (Wildman–Crippen MR) is 86.6 cm³/mol. The average Bonchev–Trinajstić information content (AvgIpc) is 3.05. The third-order valence-electron chi connectivity index (χ3n) is 3.57. The van der Waals surface area contributed by atoms with E-state index in [0.29, 0.717) is 18.4 Å². The van der Waals surface area contributed by atoms with Gasteiger partial charge in [0, 0.05) is 11.6 Å². The third-order valence-corrected chi connectivity index (χ3v) is 3.57. The number of benzene rings is 1. The summed E-state index contributed by atoms with van der Waals surface area (Å²) in [4.78, 5) is 25.9. The summed E-state index contributed by atoms with van der Waals surface area (Å²) in [5.41, 5.74) is 3.97. The molecule has 6 nitrogen and oxygen atoms in total. The van der Waals surface area contributed by atoms with Crippen LogP contribution in [0, 0.1) is 11.6 Å². The van der Waals surface area contributed by atoms with Gasteiger partial charge in [-0.1, -0.05) is 13.8 Å². The number of hydrogen-bond acceptors (Lipinski definition) is 4. The number of carbonyl (C=O) groups is 2. The van der Waals surface area contributed by atoms with Gasteiger partial charge in [-0.05, 0) is 37.4 Å². The van der Waals surface area contributed by atoms with Crippen LogP contribution in [0.4, 0.5) is 8.78 Å². The quantitative estimate of drug-likeness (QED) is 0.784. The zero-order valence-electron chi connectivity index (χ0n) is 13.9. The largest absolute Gasteiger partial charge is 0.454 e. The highest BCUT2D eigenvalue weighted by Crippen LogP contribution is 2.11. The lowest BCUT2D eigenvalue weighted by molar-refractivity contribution is 0.0828. The van der Waals surface area contributed by atoms with Crippen LogP contribution in [0.25, 0.3) is 0 Å². The molecule has 0 aliphatic heterocycles. The van der Waals surface area contributed by atoms with Crippen molar-refractivity contribution in [1.29, 1.82) is 0 Å². The van der Waals surface area contributed by atoms with E-state index < -0.39 is 23.4 Å². The van der Waals surface area contributed by atoms with Gasteiger partial charge in [0.25, 0.3) is 5.91 Å². The Bertz CT molecular complexity index is 737. The van der Waals surface area contributed by atoms with Crippen molar-refractivity contribution in [2.45, 2.75) is 20.4 Å². The van der Waals surface area contributed by atoms with Crippen molar-refractivity contribution in [3.05, 3.63) is 59.1 Å². The Balaban J connectivity index is 1.94. The van der Waals surface area contributed by atoms with Crippen molar-refractivity contribution in [1.82, 2.24) is 15.8 Å². The van der Waals surface area contributed by atoms with Gasteiger partial charge >= 0.3 is 5.91 Å². The molecule has 2 N–H and O–H groups in total. The second-order valence-corrected chi connectivity index (χ2v) is 5.29. The second-order valence-electron chi connectivity index (χ2n) is 5.29. The van der Waals surface area contributed by atoms with Crippen LogP contribution in [-0.4, -0.2) is 29.8 Å². The summed E-state index contributed by atoms with van der Waals surface area (Å²) in [6, 6.07) is 5.54. The average molecular weight is 351 g/mol. The van der Waals surface area contributed by atoms with E-state index in [0.717, 1.165) is 25.2 Å². The van der Waals surface area contributed by atoms with Gasteiger partial charge in [-0.3, -0.25) is 25.3 Å². The third kappa shape index (κ3) is 5.12. The fraction of sp³-hybridized carbons (Fsp3) is 0.294. The van der Waals surface area contributed by atoms with Gasteiger partial charge in [-0.25, -0.2) is 8.78 Å². The Kier molecular flexibility index (Phi) is 6.24. The van der Waals surface area contributed by atoms with Gasteiger partial charge in [-0.2, -0.15) is 0 Å². The Labute approximate surface area is 143 Å². The van der Waals surface area contributed by atoms with Gasteiger partial charge in [0.15, 0.2) is 5.76 Å². The maximum atomic E-state index is 13.1. The molecule has 1 aromatic heterocycles. The van der Waals surface area contributed by atoms with Crippen LogP contribution in [-0.2, 0) is 6.54 Å². The van der Waals surface area contributed by atoms with Crippen molar-refractivity contribution in [3.63, 3.8) is 0 Å². The molecule has 0 aliphatic carbocycles. The number of furan rings is 1. The Morgan fingerprint density at radius 1 is 1.00 bits per heavy atom. The summed E-state index contributed by atoms with van der Waals surface area (Å²) in [6.45, 7) is 6.29. The van der Waals surface area contributed by atoms with Gasteiger partial charge in [0.1, 0.15) is 17.4 Å². The summed E-state index contributed by atoms with van der Waals surface area (Å²) >= 11 is 0. The molecule has 2 rings (SSSR count). The van der Waals surface area contributed by atoms with Crippen LogP contribution in [0.15, 0.2) is 34.7 Å². The van der Waals surface area contributed by atoms with Crippen LogP contribution in [0.3, 0.4) is 0 Å². The highest BCUT2D eigenvalue weighted by molar-refractivity contribution is 5.97. The first-order valence-corrected chi connectivity index (χ1v) is 7.80. The van der Waals surface area contributed by atoms with E-state index in [9.17, 15) is 18.4 Å². The van der Waals surface area contributed by atoms with Gasteiger partial charge in [-0.15, -0.1) is 0 Å². The lowest BCUT2D eigenvalue weighted by atomic mass is 10.2. The Morgan fingerprint density at radius 3 is 2.20 bits per heavy atom. The zero-order chi connectivity index (χ0) is 18.4. The number of hydrazine groups is 1. The summed E-state index contributed by atoms with van der Waals surface area (Å²) < 4.78 is 31.6. The number of nitrogens with zero attached hydrogens (tertiary/aromatic N) is 1. The fourth-order valence-corrected chi connectivity index (χ4v) is 2.18. The molecule has 134 valence electrons. The maximum absolute atomic E-state index is 13.1. The molecule has 1 heterocycles. The first-order valence-electron chi connectivity index (χ1n) is 7.80. The number of halogens is 2. The highest BCUT2D eigenvalue weighted by Gasteiger charge is 2.15. The molecule has 0 aliphatic rings. The van der Waals surface area contributed by atoms with E-state index in [1.54, 1.807) is 6.07 Å². The van der Waals surface area contributed by atoms with Crippen molar-refractivity contribution < 1.29 is 22.8 Å². The zero-order valence-corrected chi connectivity index (χ0v) is 13.9. The van der Waals surface area contributed by atoms with E-state index in [1.165, 1.54) is 6.07 Å². The smallest absolute Gasteiger partial charge is 0.305 e. The van der Waals surface area contributed by atoms with Crippen LogP contribution in [0.1, 0.15) is 40.5 Å². The summed E-state index contributed by atoms with van der Waals surface area (Å²) in [6.07, 6.45) is 0. The van der Waals surface area contributed by atoms with Gasteiger partial charge in [0.2, 0.25) is 0 Å². The van der Waals surface area contributed by atoms with Crippen molar-refractivity contribution in [3.8, 4) is 0 Å². The highest BCUT2D eigenvalue weighted by atomic mass is 19.1. The molecule has 0 unspecified atom stereocenters.